The maximum Gasteiger partial charge on any atom is 0.306 e. The van der Waals surface area contributed by atoms with Gasteiger partial charge in [-0.25, -0.2) is 0 Å². The number of carbonyl (C=O) groups is 3. The predicted molar refractivity (Wildman–Crippen MR) is 260 cm³/mol. The number of unbranched alkanes of at least 4 members (excludes halogenated alkanes) is 13. The van der Waals surface area contributed by atoms with Gasteiger partial charge in [0.1, 0.15) is 13.2 Å². The van der Waals surface area contributed by atoms with Gasteiger partial charge in [-0.2, -0.15) is 0 Å². The van der Waals surface area contributed by atoms with Gasteiger partial charge < -0.3 is 14.2 Å². The van der Waals surface area contributed by atoms with Gasteiger partial charge >= 0.3 is 17.9 Å². The lowest BCUT2D eigenvalue weighted by Gasteiger charge is -2.18. The number of carbonyl (C=O) groups excluding carboxylic acids is 3. The fourth-order valence-corrected chi connectivity index (χ4v) is 6.17. The molecule has 0 aromatic heterocycles. The molecule has 0 aliphatic heterocycles. The molecule has 0 radical (unpaired) electrons. The molecular weight excluding hydrogens is 757 g/mol. The number of ether oxygens (including phenoxy) is 3. The molecule has 0 unspecified atom stereocenters. The molecule has 344 valence electrons. The Bertz CT molecular complexity index is 1290. The SMILES string of the molecule is CC/C=C\C/C=C\C/C=C\C/C=C\C/C=C\CCCC(=O)OC[C@@H](COC(=O)CCCCCCCCCCCCC)OC(=O)CCCC/C=C\C/C=C\C/C=C\C/C=C\CC. The normalized spacial score (nSPS) is 13.0. The van der Waals surface area contributed by atoms with E-state index < -0.39 is 6.10 Å². The van der Waals surface area contributed by atoms with Gasteiger partial charge in [-0.05, 0) is 96.3 Å². The second-order valence-electron chi connectivity index (χ2n) is 15.6. The molecule has 0 aromatic rings. The summed E-state index contributed by atoms with van der Waals surface area (Å²) in [5.41, 5.74) is 0. The fourth-order valence-electron chi connectivity index (χ4n) is 6.17. The lowest BCUT2D eigenvalue weighted by atomic mass is 10.1. The van der Waals surface area contributed by atoms with Crippen LogP contribution in [0.25, 0.3) is 0 Å². The third kappa shape index (κ3) is 47.0. The highest BCUT2D eigenvalue weighted by atomic mass is 16.6. The molecule has 0 saturated heterocycles. The Hall–Kier alpha value is -3.93. The number of allylic oxidation sites excluding steroid dienone is 18. The van der Waals surface area contributed by atoms with Crippen LogP contribution in [0.4, 0.5) is 0 Å². The van der Waals surface area contributed by atoms with Crippen molar-refractivity contribution >= 4 is 17.9 Å². The largest absolute Gasteiger partial charge is 0.462 e. The summed E-state index contributed by atoms with van der Waals surface area (Å²) in [7, 11) is 0. The van der Waals surface area contributed by atoms with Crippen LogP contribution >= 0.6 is 0 Å². The highest BCUT2D eigenvalue weighted by Crippen LogP contribution is 2.13. The zero-order valence-electron chi connectivity index (χ0n) is 39.1. The summed E-state index contributed by atoms with van der Waals surface area (Å²) in [6.45, 7) is 6.29. The Morgan fingerprint density at radius 1 is 0.344 bits per heavy atom. The molecule has 0 rings (SSSR count). The van der Waals surface area contributed by atoms with Gasteiger partial charge in [-0.3, -0.25) is 14.4 Å². The monoisotopic (exact) mass is 845 g/mol. The van der Waals surface area contributed by atoms with Crippen LogP contribution in [0.2, 0.25) is 0 Å². The van der Waals surface area contributed by atoms with Crippen molar-refractivity contribution in [3.05, 3.63) is 109 Å². The molecule has 1 atom stereocenters. The van der Waals surface area contributed by atoms with Crippen LogP contribution in [0, 0.1) is 0 Å². The quantitative estimate of drug-likeness (QED) is 0.0264. The molecule has 0 bridgehead atoms. The molecule has 0 saturated carbocycles. The van der Waals surface area contributed by atoms with Crippen molar-refractivity contribution in [3.8, 4) is 0 Å². The van der Waals surface area contributed by atoms with E-state index in [1.54, 1.807) is 0 Å². The topological polar surface area (TPSA) is 78.9 Å². The van der Waals surface area contributed by atoms with E-state index in [9.17, 15) is 14.4 Å². The highest BCUT2D eigenvalue weighted by molar-refractivity contribution is 5.71. The van der Waals surface area contributed by atoms with E-state index >= 15 is 0 Å². The molecule has 61 heavy (non-hydrogen) atoms. The van der Waals surface area contributed by atoms with Gasteiger partial charge in [-0.15, -0.1) is 0 Å². The summed E-state index contributed by atoms with van der Waals surface area (Å²) in [6.07, 6.45) is 65.1. The molecule has 0 spiro atoms. The summed E-state index contributed by atoms with van der Waals surface area (Å²) < 4.78 is 16.7. The Morgan fingerprint density at radius 2 is 0.656 bits per heavy atom. The lowest BCUT2D eigenvalue weighted by molar-refractivity contribution is -0.167. The standard InChI is InChI=1S/C55H88O6/c1-4-7-10-13-16-19-22-24-26-27-29-30-33-36-39-42-45-48-54(57)60-51-52(50-59-53(56)47-44-41-38-35-32-21-18-15-12-9-6-3)61-55(58)49-46-43-40-37-34-31-28-25-23-20-17-14-11-8-5-2/h7-8,10-11,16-17,19-20,24-26,28-30,34,36-37,39,52H,4-6,9,12-15,18,21-23,27,31-33,35,38,40-51H2,1-3H3/b10-7-,11-8-,19-16-,20-17-,26-24-,28-25-,30-29-,37-34-,39-36-/t52-/m1/s1. The third-order valence-electron chi connectivity index (χ3n) is 9.77. The van der Waals surface area contributed by atoms with Crippen LogP contribution in [0.15, 0.2) is 109 Å². The maximum atomic E-state index is 12.7. The first-order valence-corrected chi connectivity index (χ1v) is 24.4. The van der Waals surface area contributed by atoms with Crippen molar-refractivity contribution in [1.82, 2.24) is 0 Å². The van der Waals surface area contributed by atoms with E-state index in [1.165, 1.54) is 51.4 Å². The van der Waals surface area contributed by atoms with E-state index in [-0.39, 0.29) is 44.0 Å². The van der Waals surface area contributed by atoms with Crippen molar-refractivity contribution in [1.29, 1.82) is 0 Å². The lowest BCUT2D eigenvalue weighted by Crippen LogP contribution is -2.30. The first-order valence-electron chi connectivity index (χ1n) is 24.4. The molecule has 0 aliphatic carbocycles. The molecule has 0 N–H and O–H groups in total. The van der Waals surface area contributed by atoms with Crippen LogP contribution in [0.3, 0.4) is 0 Å². The number of esters is 3. The van der Waals surface area contributed by atoms with Crippen molar-refractivity contribution in [2.75, 3.05) is 13.2 Å². The Kier molecular flexibility index (Phi) is 45.6. The Balaban J connectivity index is 4.56. The molecule has 0 aliphatic rings. The second-order valence-corrected chi connectivity index (χ2v) is 15.6. The summed E-state index contributed by atoms with van der Waals surface area (Å²) in [5.74, 6) is -1.03. The minimum Gasteiger partial charge on any atom is -0.462 e. The molecule has 0 amide bonds. The zero-order chi connectivity index (χ0) is 44.4. The summed E-state index contributed by atoms with van der Waals surface area (Å²) in [6, 6.07) is 0. The van der Waals surface area contributed by atoms with Gasteiger partial charge in [-0.1, -0.05) is 194 Å². The highest BCUT2D eigenvalue weighted by Gasteiger charge is 2.19. The van der Waals surface area contributed by atoms with E-state index in [1.807, 2.05) is 0 Å². The van der Waals surface area contributed by atoms with Crippen LogP contribution in [0.1, 0.15) is 201 Å². The summed E-state index contributed by atoms with van der Waals surface area (Å²) in [5, 5.41) is 0. The summed E-state index contributed by atoms with van der Waals surface area (Å²) in [4.78, 5) is 37.8. The Labute approximate surface area is 374 Å². The second kappa shape index (κ2) is 48.7. The zero-order valence-corrected chi connectivity index (χ0v) is 39.1. The van der Waals surface area contributed by atoms with Crippen LogP contribution < -0.4 is 0 Å². The van der Waals surface area contributed by atoms with E-state index in [0.717, 1.165) is 96.3 Å². The molecule has 6 nitrogen and oxygen atoms in total. The van der Waals surface area contributed by atoms with E-state index in [2.05, 4.69) is 130 Å². The number of rotatable bonds is 42. The summed E-state index contributed by atoms with van der Waals surface area (Å²) >= 11 is 0. The smallest absolute Gasteiger partial charge is 0.306 e. The van der Waals surface area contributed by atoms with Gasteiger partial charge in [0.25, 0.3) is 0 Å². The van der Waals surface area contributed by atoms with Crippen LogP contribution in [-0.2, 0) is 28.6 Å². The minimum atomic E-state index is -0.821. The van der Waals surface area contributed by atoms with Crippen molar-refractivity contribution in [3.63, 3.8) is 0 Å². The first kappa shape index (κ1) is 57.1. The average Bonchev–Trinajstić information content (AvgIpc) is 3.26. The van der Waals surface area contributed by atoms with E-state index in [0.29, 0.717) is 19.3 Å². The maximum absolute atomic E-state index is 12.7. The van der Waals surface area contributed by atoms with Crippen molar-refractivity contribution < 1.29 is 28.6 Å². The van der Waals surface area contributed by atoms with Crippen molar-refractivity contribution in [2.45, 2.75) is 207 Å². The Morgan fingerprint density at radius 3 is 1.07 bits per heavy atom. The number of hydrogen-bond donors (Lipinski definition) is 0. The van der Waals surface area contributed by atoms with Crippen LogP contribution in [0.5, 0.6) is 0 Å². The minimum absolute atomic E-state index is 0.113. The van der Waals surface area contributed by atoms with Gasteiger partial charge in [0.05, 0.1) is 0 Å². The molecular formula is C55H88O6. The third-order valence-corrected chi connectivity index (χ3v) is 9.77. The number of hydrogen-bond acceptors (Lipinski definition) is 6. The molecule has 6 heteroatoms. The molecule has 0 heterocycles. The first-order chi connectivity index (χ1) is 30.0. The van der Waals surface area contributed by atoms with Crippen molar-refractivity contribution in [2.24, 2.45) is 0 Å². The predicted octanol–water partition coefficient (Wildman–Crippen LogP) is 16.0. The van der Waals surface area contributed by atoms with Gasteiger partial charge in [0.15, 0.2) is 6.10 Å². The average molecular weight is 845 g/mol. The van der Waals surface area contributed by atoms with Crippen LogP contribution in [-0.4, -0.2) is 37.2 Å². The van der Waals surface area contributed by atoms with Gasteiger partial charge in [0, 0.05) is 19.3 Å². The van der Waals surface area contributed by atoms with E-state index in [4.69, 9.17) is 14.2 Å². The van der Waals surface area contributed by atoms with Gasteiger partial charge in [0.2, 0.25) is 0 Å². The fraction of sp³-hybridized carbons (Fsp3) is 0.618. The molecule has 0 aromatic carbocycles. The molecule has 0 fully saturated rings.